The zero-order valence-corrected chi connectivity index (χ0v) is 8.35. The van der Waals surface area contributed by atoms with Gasteiger partial charge in [-0.15, -0.1) is 0 Å². The summed E-state index contributed by atoms with van der Waals surface area (Å²) in [6, 6.07) is 1.30. The Balaban J connectivity index is 3.18. The highest BCUT2D eigenvalue weighted by Gasteiger charge is 2.43. The van der Waals surface area contributed by atoms with Crippen molar-refractivity contribution >= 4 is 0 Å². The standard InChI is InChI=1S/C10H7F5N2/c11-6-2-1-3-7(12)8(6)9(10(13,14)15)17-5-4-16/h1-3,9,17H,5H2/t9-/m1/s1. The van der Waals surface area contributed by atoms with E-state index in [9.17, 15) is 22.0 Å². The monoisotopic (exact) mass is 250 g/mol. The highest BCUT2D eigenvalue weighted by atomic mass is 19.4. The number of nitriles is 1. The number of hydrogen-bond acceptors (Lipinski definition) is 2. The highest BCUT2D eigenvalue weighted by molar-refractivity contribution is 5.24. The summed E-state index contributed by atoms with van der Waals surface area (Å²) in [7, 11) is 0. The van der Waals surface area contributed by atoms with Crippen molar-refractivity contribution in [2.45, 2.75) is 12.2 Å². The van der Waals surface area contributed by atoms with Crippen molar-refractivity contribution in [2.24, 2.45) is 0 Å². The van der Waals surface area contributed by atoms with E-state index in [0.717, 1.165) is 18.2 Å². The van der Waals surface area contributed by atoms with Crippen LogP contribution in [0.15, 0.2) is 18.2 Å². The van der Waals surface area contributed by atoms with Gasteiger partial charge in [0, 0.05) is 5.56 Å². The summed E-state index contributed by atoms with van der Waals surface area (Å²) in [4.78, 5) is 0. The van der Waals surface area contributed by atoms with E-state index in [0.29, 0.717) is 0 Å². The molecule has 0 aliphatic heterocycles. The van der Waals surface area contributed by atoms with Crippen molar-refractivity contribution in [1.82, 2.24) is 5.32 Å². The van der Waals surface area contributed by atoms with Gasteiger partial charge in [-0.3, -0.25) is 5.32 Å². The number of rotatable bonds is 3. The average Bonchev–Trinajstić information content (AvgIpc) is 2.20. The molecule has 1 aromatic carbocycles. The SMILES string of the molecule is N#CCN[C@H](c1c(F)cccc1F)C(F)(F)F. The number of nitrogens with one attached hydrogen (secondary N) is 1. The first kappa shape index (κ1) is 13.4. The van der Waals surface area contributed by atoms with Crippen molar-refractivity contribution in [3.05, 3.63) is 35.4 Å². The lowest BCUT2D eigenvalue weighted by atomic mass is 10.0. The number of hydrogen-bond donors (Lipinski definition) is 1. The number of halogens is 5. The fourth-order valence-corrected chi connectivity index (χ4v) is 1.32. The van der Waals surface area contributed by atoms with Gasteiger partial charge in [0.15, 0.2) is 0 Å². The molecule has 0 aliphatic carbocycles. The molecular weight excluding hydrogens is 243 g/mol. The van der Waals surface area contributed by atoms with Crippen molar-refractivity contribution in [3.63, 3.8) is 0 Å². The Morgan fingerprint density at radius 3 is 2.18 bits per heavy atom. The normalized spacial score (nSPS) is 13.2. The van der Waals surface area contributed by atoms with Crippen molar-refractivity contribution < 1.29 is 22.0 Å². The quantitative estimate of drug-likeness (QED) is 0.661. The molecule has 1 atom stereocenters. The summed E-state index contributed by atoms with van der Waals surface area (Å²) in [6.07, 6.45) is -4.89. The topological polar surface area (TPSA) is 35.8 Å². The van der Waals surface area contributed by atoms with E-state index in [4.69, 9.17) is 5.26 Å². The average molecular weight is 250 g/mol. The van der Waals surface area contributed by atoms with E-state index in [2.05, 4.69) is 0 Å². The van der Waals surface area contributed by atoms with Crippen LogP contribution in [0.2, 0.25) is 0 Å². The van der Waals surface area contributed by atoms with Crippen LogP contribution in [0.25, 0.3) is 0 Å². The maximum absolute atomic E-state index is 13.2. The summed E-state index contributed by atoms with van der Waals surface area (Å²) in [5, 5.41) is 9.94. The lowest BCUT2D eigenvalue weighted by Crippen LogP contribution is -2.35. The summed E-state index contributed by atoms with van der Waals surface area (Å²) >= 11 is 0. The van der Waals surface area contributed by atoms with Crippen LogP contribution in [0.5, 0.6) is 0 Å². The van der Waals surface area contributed by atoms with Crippen LogP contribution in [-0.2, 0) is 0 Å². The van der Waals surface area contributed by atoms with E-state index in [1.165, 1.54) is 6.07 Å². The first-order valence-corrected chi connectivity index (χ1v) is 4.49. The van der Waals surface area contributed by atoms with E-state index >= 15 is 0 Å². The van der Waals surface area contributed by atoms with Crippen LogP contribution in [0.4, 0.5) is 22.0 Å². The minimum Gasteiger partial charge on any atom is -0.290 e. The first-order valence-electron chi connectivity index (χ1n) is 4.49. The fraction of sp³-hybridized carbons (Fsp3) is 0.300. The number of benzene rings is 1. The Bertz CT molecular complexity index is 415. The van der Waals surface area contributed by atoms with E-state index in [-0.39, 0.29) is 0 Å². The molecule has 0 aliphatic rings. The van der Waals surface area contributed by atoms with Crippen molar-refractivity contribution in [2.75, 3.05) is 6.54 Å². The second-order valence-corrected chi connectivity index (χ2v) is 3.15. The van der Waals surface area contributed by atoms with Crippen molar-refractivity contribution in [3.8, 4) is 6.07 Å². The summed E-state index contributed by atoms with van der Waals surface area (Å²) in [5.41, 5.74) is -1.13. The maximum atomic E-state index is 13.2. The molecule has 0 spiro atoms. The summed E-state index contributed by atoms with van der Waals surface area (Å²) in [5.74, 6) is -2.62. The number of alkyl halides is 3. The predicted octanol–water partition coefficient (Wildman–Crippen LogP) is 2.68. The Hall–Kier alpha value is -1.68. The zero-order valence-electron chi connectivity index (χ0n) is 8.35. The van der Waals surface area contributed by atoms with Crippen molar-refractivity contribution in [1.29, 1.82) is 5.26 Å². The molecule has 1 rings (SSSR count). The lowest BCUT2D eigenvalue weighted by Gasteiger charge is -2.21. The third kappa shape index (κ3) is 3.14. The lowest BCUT2D eigenvalue weighted by molar-refractivity contribution is -0.158. The molecule has 0 radical (unpaired) electrons. The van der Waals surface area contributed by atoms with Gasteiger partial charge in [0.2, 0.25) is 0 Å². The van der Waals surface area contributed by atoms with Gasteiger partial charge in [-0.05, 0) is 12.1 Å². The molecule has 0 heterocycles. The molecule has 2 nitrogen and oxygen atoms in total. The molecule has 1 aromatic rings. The second-order valence-electron chi connectivity index (χ2n) is 3.15. The smallest absolute Gasteiger partial charge is 0.290 e. The third-order valence-electron chi connectivity index (χ3n) is 2.00. The second kappa shape index (κ2) is 5.10. The Morgan fingerprint density at radius 2 is 1.76 bits per heavy atom. The molecule has 0 amide bonds. The van der Waals surface area contributed by atoms with Crippen LogP contribution >= 0.6 is 0 Å². The maximum Gasteiger partial charge on any atom is 0.408 e. The molecular formula is C10H7F5N2. The molecule has 0 saturated carbocycles. The van der Waals surface area contributed by atoms with Crippen LogP contribution in [0.3, 0.4) is 0 Å². The van der Waals surface area contributed by atoms with E-state index in [1.54, 1.807) is 5.32 Å². The van der Waals surface area contributed by atoms with Gasteiger partial charge in [-0.25, -0.2) is 8.78 Å². The summed E-state index contributed by atoms with van der Waals surface area (Å²) < 4.78 is 64.1. The first-order chi connectivity index (χ1) is 7.88. The minimum absolute atomic E-state index is 0.669. The van der Waals surface area contributed by atoms with Crippen LogP contribution < -0.4 is 5.32 Å². The molecule has 0 bridgehead atoms. The molecule has 17 heavy (non-hydrogen) atoms. The molecule has 0 aromatic heterocycles. The Morgan fingerprint density at radius 1 is 1.24 bits per heavy atom. The van der Waals surface area contributed by atoms with Crippen LogP contribution in [0, 0.1) is 23.0 Å². The van der Waals surface area contributed by atoms with Gasteiger partial charge in [-0.2, -0.15) is 18.4 Å². The van der Waals surface area contributed by atoms with Crippen LogP contribution in [0.1, 0.15) is 11.6 Å². The Labute approximate surface area is 93.7 Å². The Kier molecular flexibility index (Phi) is 4.02. The minimum atomic E-state index is -4.89. The number of nitrogens with zero attached hydrogens (tertiary/aromatic N) is 1. The van der Waals surface area contributed by atoms with Gasteiger partial charge in [0.1, 0.15) is 17.7 Å². The molecule has 0 unspecified atom stereocenters. The van der Waals surface area contributed by atoms with Gasteiger partial charge < -0.3 is 0 Å². The highest BCUT2D eigenvalue weighted by Crippen LogP contribution is 2.35. The molecule has 1 N–H and O–H groups in total. The predicted molar refractivity (Wildman–Crippen MR) is 48.8 cm³/mol. The molecule has 92 valence electrons. The zero-order chi connectivity index (χ0) is 13.1. The van der Waals surface area contributed by atoms with E-state index in [1.807, 2.05) is 0 Å². The van der Waals surface area contributed by atoms with Gasteiger partial charge >= 0.3 is 6.18 Å². The fourth-order valence-electron chi connectivity index (χ4n) is 1.32. The molecule has 7 heteroatoms. The third-order valence-corrected chi connectivity index (χ3v) is 2.00. The largest absolute Gasteiger partial charge is 0.408 e. The summed E-state index contributed by atoms with van der Waals surface area (Å²) in [6.45, 7) is -0.669. The van der Waals surface area contributed by atoms with Gasteiger partial charge in [0.05, 0.1) is 12.6 Å². The van der Waals surface area contributed by atoms with Gasteiger partial charge in [-0.1, -0.05) is 6.07 Å². The van der Waals surface area contributed by atoms with E-state index < -0.39 is 36.0 Å². The van der Waals surface area contributed by atoms with Crippen LogP contribution in [-0.4, -0.2) is 12.7 Å². The molecule has 0 fully saturated rings. The van der Waals surface area contributed by atoms with Gasteiger partial charge in [0.25, 0.3) is 0 Å². The molecule has 0 saturated heterocycles.